The molecule has 0 amide bonds. The third kappa shape index (κ3) is 2.05. The van der Waals surface area contributed by atoms with Crippen molar-refractivity contribution in [2.45, 2.75) is 50.9 Å². The van der Waals surface area contributed by atoms with Crippen LogP contribution >= 0.6 is 22.9 Å². The molecule has 0 aromatic rings. The normalized spacial score (nSPS) is 36.3. The number of aliphatic hydroxyl groups excluding tert-OH is 1. The Labute approximate surface area is 92.7 Å². The summed E-state index contributed by atoms with van der Waals surface area (Å²) in [6.45, 7) is 0. The first-order chi connectivity index (χ1) is 6.29. The summed E-state index contributed by atoms with van der Waals surface area (Å²) in [6.07, 6.45) is 6.84. The third-order valence-corrected chi connectivity index (χ3v) is 4.02. The van der Waals surface area contributed by atoms with Crippen molar-refractivity contribution in [1.82, 2.24) is 3.11 Å². The van der Waals surface area contributed by atoms with Crippen LogP contribution in [-0.4, -0.2) is 26.3 Å². The molecule has 1 N–H and O–H groups in total. The van der Waals surface area contributed by atoms with E-state index >= 15 is 0 Å². The Kier molecular flexibility index (Phi) is 3.21. The van der Waals surface area contributed by atoms with Gasteiger partial charge in [0.2, 0.25) is 6.35 Å². The summed E-state index contributed by atoms with van der Waals surface area (Å²) in [5.74, 6) is 0. The molecule has 13 heavy (non-hydrogen) atoms. The Morgan fingerprint density at radius 1 is 1.31 bits per heavy atom. The molecule has 1 saturated carbocycles. The van der Waals surface area contributed by atoms with Crippen molar-refractivity contribution < 1.29 is 5.11 Å². The van der Waals surface area contributed by atoms with Crippen LogP contribution in [0.15, 0.2) is 4.99 Å². The average molecular weight is 294 g/mol. The molecular formula is C9H15IN2O. The molecule has 2 rings (SSSR count). The van der Waals surface area contributed by atoms with Gasteiger partial charge in [-0.1, -0.05) is 19.3 Å². The molecule has 74 valence electrons. The molecule has 0 bridgehead atoms. The summed E-state index contributed by atoms with van der Waals surface area (Å²) in [5.41, 5.74) is 1.22. The van der Waals surface area contributed by atoms with Crippen LogP contribution in [0.1, 0.15) is 38.5 Å². The monoisotopic (exact) mass is 294 g/mol. The lowest BCUT2D eigenvalue weighted by molar-refractivity contribution is 0.0952. The second-order valence-corrected chi connectivity index (χ2v) is 4.89. The quantitative estimate of drug-likeness (QED) is 0.548. The predicted molar refractivity (Wildman–Crippen MR) is 60.8 cm³/mol. The number of fused-ring (bicyclic) bond motifs is 1. The van der Waals surface area contributed by atoms with Gasteiger partial charge < -0.3 is 5.11 Å². The SMILES string of the molecule is OC1N=C2CCCCCCC2N1I. The molecule has 3 nitrogen and oxygen atoms in total. The Balaban J connectivity index is 2.08. The summed E-state index contributed by atoms with van der Waals surface area (Å²) < 4.78 is 1.96. The topological polar surface area (TPSA) is 35.8 Å². The first kappa shape index (κ1) is 9.86. The zero-order valence-corrected chi connectivity index (χ0v) is 9.77. The first-order valence-electron chi connectivity index (χ1n) is 4.98. The van der Waals surface area contributed by atoms with Gasteiger partial charge in [-0.3, -0.25) is 0 Å². The van der Waals surface area contributed by atoms with Gasteiger partial charge >= 0.3 is 0 Å². The molecular weight excluding hydrogens is 279 g/mol. The zero-order valence-electron chi connectivity index (χ0n) is 7.62. The molecule has 0 radical (unpaired) electrons. The minimum Gasteiger partial charge on any atom is -0.359 e. The Bertz CT molecular complexity index is 220. The van der Waals surface area contributed by atoms with Crippen LogP contribution in [0.25, 0.3) is 0 Å². The fourth-order valence-corrected chi connectivity index (χ4v) is 2.84. The molecule has 0 saturated heterocycles. The molecule has 2 unspecified atom stereocenters. The van der Waals surface area contributed by atoms with Gasteiger partial charge in [-0.2, -0.15) is 3.11 Å². The standard InChI is InChI=1S/C9H15IN2O/c10-12-8-6-4-2-1-3-5-7(8)11-9(12)13/h8-9,13H,1-6H2. The van der Waals surface area contributed by atoms with Gasteiger partial charge in [0.05, 0.1) is 6.04 Å². The lowest BCUT2D eigenvalue weighted by Gasteiger charge is -2.22. The minimum atomic E-state index is -0.585. The smallest absolute Gasteiger partial charge is 0.213 e. The van der Waals surface area contributed by atoms with E-state index in [1.165, 1.54) is 37.8 Å². The summed E-state index contributed by atoms with van der Waals surface area (Å²) in [4.78, 5) is 4.28. The zero-order chi connectivity index (χ0) is 9.26. The summed E-state index contributed by atoms with van der Waals surface area (Å²) in [7, 11) is 0. The number of rotatable bonds is 0. The van der Waals surface area contributed by atoms with Crippen molar-refractivity contribution in [3.05, 3.63) is 0 Å². The second kappa shape index (κ2) is 4.23. The number of aliphatic imine (C=N–C) groups is 1. The van der Waals surface area contributed by atoms with Crippen LogP contribution in [0.2, 0.25) is 0 Å². The minimum absolute atomic E-state index is 0.413. The molecule has 4 heteroatoms. The van der Waals surface area contributed by atoms with Crippen LogP contribution in [-0.2, 0) is 0 Å². The predicted octanol–water partition coefficient (Wildman–Crippen LogP) is 2.09. The van der Waals surface area contributed by atoms with Gasteiger partial charge in [0, 0.05) is 28.6 Å². The Morgan fingerprint density at radius 2 is 2.08 bits per heavy atom. The van der Waals surface area contributed by atoms with E-state index in [1.807, 2.05) is 3.11 Å². The number of nitrogens with zero attached hydrogens (tertiary/aromatic N) is 2. The molecule has 2 atom stereocenters. The first-order valence-corrected chi connectivity index (χ1v) is 5.94. The van der Waals surface area contributed by atoms with Crippen molar-refractivity contribution in [1.29, 1.82) is 0 Å². The highest BCUT2D eigenvalue weighted by atomic mass is 127. The fraction of sp³-hybridized carbons (Fsp3) is 0.889. The largest absolute Gasteiger partial charge is 0.359 e. The van der Waals surface area contributed by atoms with Crippen molar-refractivity contribution in [3.8, 4) is 0 Å². The van der Waals surface area contributed by atoms with Gasteiger partial charge in [0.15, 0.2) is 0 Å². The van der Waals surface area contributed by atoms with Crippen LogP contribution in [0.5, 0.6) is 0 Å². The summed E-state index contributed by atoms with van der Waals surface area (Å²) in [5, 5.41) is 9.54. The van der Waals surface area contributed by atoms with Crippen molar-refractivity contribution in [3.63, 3.8) is 0 Å². The van der Waals surface area contributed by atoms with E-state index in [2.05, 4.69) is 27.9 Å². The van der Waals surface area contributed by atoms with E-state index in [0.717, 1.165) is 6.42 Å². The highest BCUT2D eigenvalue weighted by Gasteiger charge is 2.33. The maximum atomic E-state index is 9.54. The molecule has 2 aliphatic rings. The molecule has 1 heterocycles. The number of hydrogen-bond donors (Lipinski definition) is 1. The Morgan fingerprint density at radius 3 is 2.92 bits per heavy atom. The van der Waals surface area contributed by atoms with E-state index in [9.17, 15) is 5.11 Å². The van der Waals surface area contributed by atoms with Crippen molar-refractivity contribution >= 4 is 28.6 Å². The highest BCUT2D eigenvalue weighted by Crippen LogP contribution is 2.28. The molecule has 0 spiro atoms. The van der Waals surface area contributed by atoms with E-state index in [-0.39, 0.29) is 0 Å². The highest BCUT2D eigenvalue weighted by molar-refractivity contribution is 14.1. The van der Waals surface area contributed by atoms with E-state index in [0.29, 0.717) is 6.04 Å². The average Bonchev–Trinajstić information content (AvgIpc) is 2.31. The van der Waals surface area contributed by atoms with Crippen molar-refractivity contribution in [2.24, 2.45) is 4.99 Å². The lowest BCUT2D eigenvalue weighted by Crippen LogP contribution is -2.32. The van der Waals surface area contributed by atoms with Gasteiger partial charge in [-0.15, -0.1) is 0 Å². The fourth-order valence-electron chi connectivity index (χ4n) is 2.11. The number of aliphatic hydroxyl groups is 1. The van der Waals surface area contributed by atoms with Gasteiger partial charge in [-0.25, -0.2) is 4.99 Å². The third-order valence-electron chi connectivity index (χ3n) is 2.84. The van der Waals surface area contributed by atoms with E-state index in [1.54, 1.807) is 0 Å². The number of hydrogen-bond acceptors (Lipinski definition) is 3. The van der Waals surface area contributed by atoms with Crippen LogP contribution < -0.4 is 0 Å². The summed E-state index contributed by atoms with van der Waals surface area (Å²) >= 11 is 2.19. The Hall–Kier alpha value is 0.320. The molecule has 0 aromatic carbocycles. The maximum absolute atomic E-state index is 9.54. The van der Waals surface area contributed by atoms with Crippen LogP contribution in [0.3, 0.4) is 0 Å². The molecule has 1 aliphatic carbocycles. The van der Waals surface area contributed by atoms with Gasteiger partial charge in [0.1, 0.15) is 0 Å². The van der Waals surface area contributed by atoms with Gasteiger partial charge in [-0.05, 0) is 19.3 Å². The molecule has 1 aliphatic heterocycles. The second-order valence-electron chi connectivity index (χ2n) is 3.78. The van der Waals surface area contributed by atoms with E-state index in [4.69, 9.17) is 0 Å². The van der Waals surface area contributed by atoms with Crippen LogP contribution in [0.4, 0.5) is 0 Å². The molecule has 1 fully saturated rings. The molecule has 0 aromatic heterocycles. The van der Waals surface area contributed by atoms with Crippen LogP contribution in [0, 0.1) is 0 Å². The maximum Gasteiger partial charge on any atom is 0.213 e. The lowest BCUT2D eigenvalue weighted by atomic mass is 9.96. The summed E-state index contributed by atoms with van der Waals surface area (Å²) in [6, 6.07) is 0.413. The van der Waals surface area contributed by atoms with Crippen molar-refractivity contribution in [2.75, 3.05) is 0 Å². The van der Waals surface area contributed by atoms with Gasteiger partial charge in [0.25, 0.3) is 0 Å². The van der Waals surface area contributed by atoms with E-state index < -0.39 is 6.35 Å². The number of halogens is 1.